The Kier molecular flexibility index (Phi) is 5.76. The number of urea groups is 1. The summed E-state index contributed by atoms with van der Waals surface area (Å²) < 4.78 is 10.5. The summed E-state index contributed by atoms with van der Waals surface area (Å²) in [6, 6.07) is 4.79. The lowest BCUT2D eigenvalue weighted by Crippen LogP contribution is -2.51. The Morgan fingerprint density at radius 3 is 2.61 bits per heavy atom. The van der Waals surface area contributed by atoms with Gasteiger partial charge in [0.2, 0.25) is 5.91 Å². The molecule has 2 aliphatic rings. The number of rotatable bonds is 6. The number of carbonyl (C=O) groups is 3. The summed E-state index contributed by atoms with van der Waals surface area (Å²) in [5, 5.41) is 3.62. The summed E-state index contributed by atoms with van der Waals surface area (Å²) in [7, 11) is 3.13. The van der Waals surface area contributed by atoms with Gasteiger partial charge >= 0.3 is 6.03 Å². The van der Waals surface area contributed by atoms with Crippen molar-refractivity contribution < 1.29 is 23.9 Å². The van der Waals surface area contributed by atoms with Gasteiger partial charge in [0.05, 0.1) is 14.2 Å². The first-order chi connectivity index (χ1) is 13.4. The number of hydrazine groups is 1. The van der Waals surface area contributed by atoms with E-state index in [0.29, 0.717) is 36.7 Å². The van der Waals surface area contributed by atoms with Crippen LogP contribution in [0.4, 0.5) is 4.79 Å². The molecule has 4 amide bonds. The molecule has 1 aliphatic heterocycles. The maximum Gasteiger partial charge on any atom is 0.344 e. The first-order valence-electron chi connectivity index (χ1n) is 9.55. The molecule has 1 saturated heterocycles. The summed E-state index contributed by atoms with van der Waals surface area (Å²) in [4.78, 5) is 37.4. The highest BCUT2D eigenvalue weighted by molar-refractivity contribution is 6.08. The number of hydrogen-bond donors (Lipinski definition) is 2. The zero-order chi connectivity index (χ0) is 20.3. The molecule has 3 rings (SSSR count). The van der Waals surface area contributed by atoms with Gasteiger partial charge in [-0.3, -0.25) is 15.0 Å². The number of nitrogens with one attached hydrogen (secondary N) is 2. The summed E-state index contributed by atoms with van der Waals surface area (Å²) in [6.07, 6.45) is 3.45. The number of methoxy groups -OCH3 is 2. The highest BCUT2D eigenvalue weighted by Crippen LogP contribution is 2.35. The minimum absolute atomic E-state index is 0.102. The number of carbonyl (C=O) groups excluding carboxylic acids is 3. The number of ether oxygens (including phenoxy) is 2. The maximum absolute atomic E-state index is 12.8. The van der Waals surface area contributed by atoms with E-state index in [4.69, 9.17) is 9.47 Å². The van der Waals surface area contributed by atoms with Crippen LogP contribution in [-0.4, -0.2) is 42.6 Å². The van der Waals surface area contributed by atoms with E-state index in [2.05, 4.69) is 17.7 Å². The van der Waals surface area contributed by atoms with E-state index in [0.717, 1.165) is 23.4 Å². The normalized spacial score (nSPS) is 24.2. The average Bonchev–Trinajstić information content (AvgIpc) is 2.92. The average molecular weight is 389 g/mol. The van der Waals surface area contributed by atoms with Crippen molar-refractivity contribution in [3.05, 3.63) is 23.8 Å². The van der Waals surface area contributed by atoms with E-state index in [-0.39, 0.29) is 12.3 Å². The monoisotopic (exact) mass is 389 g/mol. The lowest BCUT2D eigenvalue weighted by Gasteiger charge is -2.33. The molecule has 1 aromatic carbocycles. The molecule has 1 heterocycles. The smallest absolute Gasteiger partial charge is 0.344 e. The summed E-state index contributed by atoms with van der Waals surface area (Å²) in [5.74, 6) is 1.08. The van der Waals surface area contributed by atoms with Crippen LogP contribution < -0.4 is 20.2 Å². The lowest BCUT2D eigenvalue weighted by atomic mass is 9.77. The predicted octanol–water partition coefficient (Wildman–Crippen LogP) is 2.17. The zero-order valence-corrected chi connectivity index (χ0v) is 16.5. The van der Waals surface area contributed by atoms with Crippen molar-refractivity contribution >= 4 is 17.8 Å². The van der Waals surface area contributed by atoms with E-state index in [1.54, 1.807) is 32.4 Å². The summed E-state index contributed by atoms with van der Waals surface area (Å²) in [6.45, 7) is 2.14. The Morgan fingerprint density at radius 2 is 1.96 bits per heavy atom. The van der Waals surface area contributed by atoms with E-state index in [1.165, 1.54) is 0 Å². The van der Waals surface area contributed by atoms with Crippen LogP contribution in [0.5, 0.6) is 11.5 Å². The van der Waals surface area contributed by atoms with Crippen molar-refractivity contribution in [2.24, 2.45) is 5.92 Å². The van der Waals surface area contributed by atoms with E-state index in [1.807, 2.05) is 0 Å². The van der Waals surface area contributed by atoms with Crippen molar-refractivity contribution in [1.82, 2.24) is 15.8 Å². The fourth-order valence-corrected chi connectivity index (χ4v) is 3.82. The summed E-state index contributed by atoms with van der Waals surface area (Å²) >= 11 is 0. The Balaban J connectivity index is 1.61. The minimum atomic E-state index is -0.868. The summed E-state index contributed by atoms with van der Waals surface area (Å²) in [5.41, 5.74) is 2.40. The fraction of sp³-hybridized carbons (Fsp3) is 0.550. The zero-order valence-electron chi connectivity index (χ0n) is 16.5. The van der Waals surface area contributed by atoms with Crippen molar-refractivity contribution in [3.8, 4) is 11.5 Å². The van der Waals surface area contributed by atoms with Crippen LogP contribution in [0.2, 0.25) is 0 Å². The largest absolute Gasteiger partial charge is 0.497 e. The highest BCUT2D eigenvalue weighted by atomic mass is 16.5. The number of amides is 4. The number of imide groups is 1. The van der Waals surface area contributed by atoms with Gasteiger partial charge in [0.15, 0.2) is 0 Å². The standard InChI is InChI=1S/C20H27N3O5/c1-13-8-10-20(11-9-13)18(25)23(19(26)21-20)22-17(24)7-4-14-12-15(27-2)5-6-16(14)28-3/h5-6,12-13H,4,7-11H2,1-3H3,(H,21,26)(H,22,24). The molecule has 0 atom stereocenters. The second kappa shape index (κ2) is 8.08. The van der Waals surface area contributed by atoms with E-state index < -0.39 is 17.5 Å². The Morgan fingerprint density at radius 1 is 1.25 bits per heavy atom. The molecular formula is C20H27N3O5. The number of nitrogens with zero attached hydrogens (tertiary/aromatic N) is 1. The molecule has 0 radical (unpaired) electrons. The van der Waals surface area contributed by atoms with Crippen LogP contribution in [0.3, 0.4) is 0 Å². The third kappa shape index (κ3) is 3.90. The van der Waals surface area contributed by atoms with Crippen LogP contribution in [0.25, 0.3) is 0 Å². The van der Waals surface area contributed by atoms with Gasteiger partial charge in [0.1, 0.15) is 17.0 Å². The number of hydrogen-bond acceptors (Lipinski definition) is 5. The number of aryl methyl sites for hydroxylation is 1. The second-order valence-corrected chi connectivity index (χ2v) is 7.55. The van der Waals surface area contributed by atoms with Gasteiger partial charge in [-0.2, -0.15) is 5.01 Å². The van der Waals surface area contributed by atoms with Crippen LogP contribution >= 0.6 is 0 Å². The SMILES string of the molecule is COc1ccc(OC)c(CCC(=O)NN2C(=O)NC3(CCC(C)CC3)C2=O)c1. The lowest BCUT2D eigenvalue weighted by molar-refractivity contribution is -0.140. The van der Waals surface area contributed by atoms with Gasteiger partial charge in [0, 0.05) is 6.42 Å². The molecule has 8 nitrogen and oxygen atoms in total. The minimum Gasteiger partial charge on any atom is -0.497 e. The third-order valence-corrected chi connectivity index (χ3v) is 5.64. The van der Waals surface area contributed by atoms with Crippen LogP contribution in [-0.2, 0) is 16.0 Å². The van der Waals surface area contributed by atoms with Gasteiger partial charge in [-0.1, -0.05) is 6.92 Å². The van der Waals surface area contributed by atoms with E-state index >= 15 is 0 Å². The van der Waals surface area contributed by atoms with Crippen LogP contribution in [0, 0.1) is 5.92 Å². The molecule has 1 spiro atoms. The molecule has 1 saturated carbocycles. The fourth-order valence-electron chi connectivity index (χ4n) is 3.82. The topological polar surface area (TPSA) is 97.0 Å². The van der Waals surface area contributed by atoms with Crippen LogP contribution in [0.15, 0.2) is 18.2 Å². The molecule has 152 valence electrons. The van der Waals surface area contributed by atoms with Gasteiger partial charge in [-0.05, 0) is 61.8 Å². The first kappa shape index (κ1) is 20.0. The van der Waals surface area contributed by atoms with Crippen molar-refractivity contribution in [2.45, 2.75) is 51.0 Å². The van der Waals surface area contributed by atoms with Gasteiger partial charge in [-0.15, -0.1) is 0 Å². The Labute approximate surface area is 164 Å². The predicted molar refractivity (Wildman–Crippen MR) is 102 cm³/mol. The Bertz CT molecular complexity index is 771. The van der Waals surface area contributed by atoms with Crippen molar-refractivity contribution in [3.63, 3.8) is 0 Å². The molecule has 28 heavy (non-hydrogen) atoms. The Hall–Kier alpha value is -2.77. The molecular weight excluding hydrogens is 362 g/mol. The van der Waals surface area contributed by atoms with Crippen LogP contribution in [0.1, 0.15) is 44.6 Å². The molecule has 0 aromatic heterocycles. The highest BCUT2D eigenvalue weighted by Gasteiger charge is 2.52. The molecule has 1 aliphatic carbocycles. The number of benzene rings is 1. The van der Waals surface area contributed by atoms with E-state index in [9.17, 15) is 14.4 Å². The van der Waals surface area contributed by atoms with Gasteiger partial charge in [-0.25, -0.2) is 4.79 Å². The maximum atomic E-state index is 12.8. The molecule has 2 fully saturated rings. The molecule has 2 N–H and O–H groups in total. The van der Waals surface area contributed by atoms with Crippen molar-refractivity contribution in [1.29, 1.82) is 0 Å². The van der Waals surface area contributed by atoms with Gasteiger partial charge < -0.3 is 14.8 Å². The quantitative estimate of drug-likeness (QED) is 0.727. The molecule has 8 heteroatoms. The molecule has 1 aromatic rings. The van der Waals surface area contributed by atoms with Gasteiger partial charge in [0.25, 0.3) is 5.91 Å². The second-order valence-electron chi connectivity index (χ2n) is 7.55. The third-order valence-electron chi connectivity index (χ3n) is 5.64. The first-order valence-corrected chi connectivity index (χ1v) is 9.55. The molecule has 0 bridgehead atoms. The van der Waals surface area contributed by atoms with Crippen molar-refractivity contribution in [2.75, 3.05) is 14.2 Å². The molecule has 0 unspecified atom stereocenters.